The van der Waals surface area contributed by atoms with Gasteiger partial charge in [-0.05, 0) is 37.6 Å². The van der Waals surface area contributed by atoms with E-state index in [9.17, 15) is 4.79 Å². The number of aryl methyl sites for hydroxylation is 1. The van der Waals surface area contributed by atoms with Gasteiger partial charge < -0.3 is 5.32 Å². The smallest absolute Gasteiger partial charge is 0.252 e. The third-order valence-electron chi connectivity index (χ3n) is 2.68. The monoisotopic (exact) mass is 262 g/mol. The summed E-state index contributed by atoms with van der Waals surface area (Å²) >= 11 is 5.98. The fourth-order valence-corrected chi connectivity index (χ4v) is 2.02. The van der Waals surface area contributed by atoms with Gasteiger partial charge in [-0.15, -0.1) is 0 Å². The van der Waals surface area contributed by atoms with E-state index < -0.39 is 0 Å². The lowest BCUT2D eigenvalue weighted by molar-refractivity contribution is 0.0955. The number of hydrogen-bond donors (Lipinski definition) is 1. The Morgan fingerprint density at radius 2 is 2.17 bits per heavy atom. The van der Waals surface area contributed by atoms with Crippen molar-refractivity contribution in [2.45, 2.75) is 20.3 Å². The summed E-state index contributed by atoms with van der Waals surface area (Å²) in [6.07, 6.45) is 0.911. The zero-order chi connectivity index (χ0) is 13.1. The zero-order valence-electron chi connectivity index (χ0n) is 10.5. The van der Waals surface area contributed by atoms with E-state index in [1.165, 1.54) is 0 Å². The quantitative estimate of drug-likeness (QED) is 0.922. The summed E-state index contributed by atoms with van der Waals surface area (Å²) in [7, 11) is 0. The van der Waals surface area contributed by atoms with E-state index in [4.69, 9.17) is 11.6 Å². The molecule has 2 aromatic rings. The van der Waals surface area contributed by atoms with Crippen LogP contribution in [0.2, 0.25) is 5.02 Å². The highest BCUT2D eigenvalue weighted by Gasteiger charge is 2.11. The molecule has 2 rings (SSSR count). The SMILES string of the molecule is CCCNC(=O)c1cc(C)nc2ccc(Cl)cc12. The Bertz CT molecular complexity index is 596. The summed E-state index contributed by atoms with van der Waals surface area (Å²) in [6.45, 7) is 4.57. The molecular weight excluding hydrogens is 248 g/mol. The number of nitrogens with one attached hydrogen (secondary N) is 1. The number of carbonyl (C=O) groups is 1. The van der Waals surface area contributed by atoms with E-state index in [1.54, 1.807) is 18.2 Å². The second-order valence-corrected chi connectivity index (χ2v) is 4.67. The Kier molecular flexibility index (Phi) is 3.82. The van der Waals surface area contributed by atoms with Gasteiger partial charge in [-0.3, -0.25) is 9.78 Å². The minimum absolute atomic E-state index is 0.0744. The van der Waals surface area contributed by atoms with Crippen LogP contribution in [0.25, 0.3) is 10.9 Å². The number of amides is 1. The molecule has 0 saturated heterocycles. The van der Waals surface area contributed by atoms with Crippen LogP contribution >= 0.6 is 11.6 Å². The first-order valence-electron chi connectivity index (χ1n) is 5.97. The predicted molar refractivity (Wildman–Crippen MR) is 74.1 cm³/mol. The molecular formula is C14H15ClN2O. The Labute approximate surface area is 111 Å². The maximum atomic E-state index is 12.1. The predicted octanol–water partition coefficient (Wildman–Crippen LogP) is 3.34. The van der Waals surface area contributed by atoms with Gasteiger partial charge in [0.25, 0.3) is 5.91 Å². The molecule has 1 amide bonds. The first-order chi connectivity index (χ1) is 8.61. The van der Waals surface area contributed by atoms with Crippen LogP contribution in [0.1, 0.15) is 29.4 Å². The van der Waals surface area contributed by atoms with E-state index >= 15 is 0 Å². The number of nitrogens with zero attached hydrogens (tertiary/aromatic N) is 1. The molecule has 0 aliphatic heterocycles. The van der Waals surface area contributed by atoms with Gasteiger partial charge in [0, 0.05) is 22.6 Å². The van der Waals surface area contributed by atoms with Crippen molar-refractivity contribution in [3.05, 3.63) is 40.5 Å². The van der Waals surface area contributed by atoms with E-state index in [0.29, 0.717) is 17.1 Å². The van der Waals surface area contributed by atoms with Gasteiger partial charge >= 0.3 is 0 Å². The molecule has 4 heteroatoms. The Balaban J connectivity index is 2.54. The third kappa shape index (κ3) is 2.62. The molecule has 1 heterocycles. The van der Waals surface area contributed by atoms with E-state index in [0.717, 1.165) is 23.0 Å². The molecule has 0 bridgehead atoms. The lowest BCUT2D eigenvalue weighted by atomic mass is 10.1. The standard InChI is InChI=1S/C14H15ClN2O/c1-3-6-16-14(18)12-7-9(2)17-13-5-4-10(15)8-11(12)13/h4-5,7-8H,3,6H2,1-2H3,(H,16,18). The van der Waals surface area contributed by atoms with Crippen LogP contribution in [0.4, 0.5) is 0 Å². The molecule has 0 saturated carbocycles. The average molecular weight is 263 g/mol. The van der Waals surface area contributed by atoms with Crippen LogP contribution in [0.3, 0.4) is 0 Å². The van der Waals surface area contributed by atoms with Crippen LogP contribution < -0.4 is 5.32 Å². The van der Waals surface area contributed by atoms with Crippen molar-refractivity contribution >= 4 is 28.4 Å². The number of hydrogen-bond acceptors (Lipinski definition) is 2. The molecule has 18 heavy (non-hydrogen) atoms. The Morgan fingerprint density at radius 3 is 2.89 bits per heavy atom. The van der Waals surface area contributed by atoms with Crippen molar-refractivity contribution in [3.8, 4) is 0 Å². The third-order valence-corrected chi connectivity index (χ3v) is 2.91. The normalized spacial score (nSPS) is 10.6. The zero-order valence-corrected chi connectivity index (χ0v) is 11.2. The maximum Gasteiger partial charge on any atom is 0.252 e. The molecule has 0 aliphatic rings. The first-order valence-corrected chi connectivity index (χ1v) is 6.34. The molecule has 94 valence electrons. The van der Waals surface area contributed by atoms with Crippen molar-refractivity contribution in [1.82, 2.24) is 10.3 Å². The second kappa shape index (κ2) is 5.36. The van der Waals surface area contributed by atoms with Crippen molar-refractivity contribution in [2.75, 3.05) is 6.54 Å². The van der Waals surface area contributed by atoms with Crippen molar-refractivity contribution in [1.29, 1.82) is 0 Å². The molecule has 0 spiro atoms. The highest BCUT2D eigenvalue weighted by Crippen LogP contribution is 2.22. The number of benzene rings is 1. The Morgan fingerprint density at radius 1 is 1.39 bits per heavy atom. The van der Waals surface area contributed by atoms with Gasteiger partial charge in [0.15, 0.2) is 0 Å². The number of fused-ring (bicyclic) bond motifs is 1. The second-order valence-electron chi connectivity index (χ2n) is 4.23. The lowest BCUT2D eigenvalue weighted by Crippen LogP contribution is -2.24. The van der Waals surface area contributed by atoms with Crippen LogP contribution in [0, 0.1) is 6.92 Å². The molecule has 1 N–H and O–H groups in total. The number of carbonyl (C=O) groups excluding carboxylic acids is 1. The molecule has 0 unspecified atom stereocenters. The summed E-state index contributed by atoms with van der Waals surface area (Å²) in [4.78, 5) is 16.5. The molecule has 3 nitrogen and oxygen atoms in total. The average Bonchev–Trinajstić information content (AvgIpc) is 2.35. The molecule has 1 aromatic carbocycles. The maximum absolute atomic E-state index is 12.1. The number of halogens is 1. The van der Waals surface area contributed by atoms with Gasteiger partial charge in [-0.2, -0.15) is 0 Å². The summed E-state index contributed by atoms with van der Waals surface area (Å²) in [5, 5.41) is 4.28. The number of aromatic nitrogens is 1. The summed E-state index contributed by atoms with van der Waals surface area (Å²) in [5.74, 6) is -0.0744. The van der Waals surface area contributed by atoms with Crippen molar-refractivity contribution in [2.24, 2.45) is 0 Å². The highest BCUT2D eigenvalue weighted by molar-refractivity contribution is 6.31. The van der Waals surface area contributed by atoms with Crippen molar-refractivity contribution < 1.29 is 4.79 Å². The minimum Gasteiger partial charge on any atom is -0.352 e. The fraction of sp³-hybridized carbons (Fsp3) is 0.286. The van der Waals surface area contributed by atoms with Gasteiger partial charge in [0.05, 0.1) is 11.1 Å². The summed E-state index contributed by atoms with van der Waals surface area (Å²) < 4.78 is 0. The number of pyridine rings is 1. The summed E-state index contributed by atoms with van der Waals surface area (Å²) in [6, 6.07) is 7.19. The van der Waals surface area contributed by atoms with E-state index in [2.05, 4.69) is 10.3 Å². The van der Waals surface area contributed by atoms with Crippen LogP contribution in [0.15, 0.2) is 24.3 Å². The fourth-order valence-electron chi connectivity index (χ4n) is 1.85. The molecule has 0 fully saturated rings. The van der Waals surface area contributed by atoms with Crippen LogP contribution in [-0.4, -0.2) is 17.4 Å². The van der Waals surface area contributed by atoms with E-state index in [1.807, 2.05) is 19.9 Å². The minimum atomic E-state index is -0.0744. The molecule has 1 aromatic heterocycles. The highest BCUT2D eigenvalue weighted by atomic mass is 35.5. The Hall–Kier alpha value is -1.61. The lowest BCUT2D eigenvalue weighted by Gasteiger charge is -2.08. The number of rotatable bonds is 3. The topological polar surface area (TPSA) is 42.0 Å². The van der Waals surface area contributed by atoms with Gasteiger partial charge in [0.1, 0.15) is 0 Å². The van der Waals surface area contributed by atoms with Gasteiger partial charge in [0.2, 0.25) is 0 Å². The largest absolute Gasteiger partial charge is 0.352 e. The summed E-state index contributed by atoms with van der Waals surface area (Å²) in [5.41, 5.74) is 2.25. The van der Waals surface area contributed by atoms with E-state index in [-0.39, 0.29) is 5.91 Å². The van der Waals surface area contributed by atoms with Gasteiger partial charge in [-0.25, -0.2) is 0 Å². The molecule has 0 atom stereocenters. The van der Waals surface area contributed by atoms with Gasteiger partial charge in [-0.1, -0.05) is 18.5 Å². The van der Waals surface area contributed by atoms with Crippen LogP contribution in [0.5, 0.6) is 0 Å². The van der Waals surface area contributed by atoms with Crippen molar-refractivity contribution in [3.63, 3.8) is 0 Å². The van der Waals surface area contributed by atoms with Crippen LogP contribution in [-0.2, 0) is 0 Å². The first kappa shape index (κ1) is 12.8. The molecule has 0 radical (unpaired) electrons. The molecule has 0 aliphatic carbocycles.